The van der Waals surface area contributed by atoms with Crippen LogP contribution in [-0.2, 0) is 13.7 Å². The van der Waals surface area contributed by atoms with Crippen LogP contribution in [0.2, 0.25) is 0 Å². The molecule has 0 aliphatic carbocycles. The lowest BCUT2D eigenvalue weighted by atomic mass is 10.0. The maximum atomic E-state index is 5.67. The van der Waals surface area contributed by atoms with Gasteiger partial charge in [-0.25, -0.2) is 4.68 Å². The Balaban J connectivity index is 1.64. The highest BCUT2D eigenvalue weighted by molar-refractivity contribution is 7.71. The van der Waals surface area contributed by atoms with E-state index in [4.69, 9.17) is 26.8 Å². The summed E-state index contributed by atoms with van der Waals surface area (Å²) in [7, 11) is 5.35. The van der Waals surface area contributed by atoms with Crippen LogP contribution in [0.1, 0.15) is 24.4 Å². The smallest absolute Gasteiger partial charge is 0.199 e. The molecule has 0 N–H and O–H groups in total. The molecule has 4 rings (SSSR count). The molecule has 0 bridgehead atoms. The number of methoxy groups -OCH3 is 2. The first-order chi connectivity index (χ1) is 14.1. The van der Waals surface area contributed by atoms with Crippen molar-refractivity contribution >= 4 is 12.2 Å². The lowest BCUT2D eigenvalue weighted by Gasteiger charge is -2.26. The largest absolute Gasteiger partial charge is 0.497 e. The van der Waals surface area contributed by atoms with Crippen molar-refractivity contribution in [3.63, 3.8) is 0 Å². The first kappa shape index (κ1) is 19.6. The van der Waals surface area contributed by atoms with Gasteiger partial charge in [-0.3, -0.25) is 9.88 Å². The molecule has 3 aromatic rings. The SMILES string of the molecule is COc1ccc(OC)c([C@H]2CCCN2Cn2nc(-c3ccncc3)n(C)c2=S)c1. The maximum Gasteiger partial charge on any atom is 0.199 e. The predicted molar refractivity (Wildman–Crippen MR) is 113 cm³/mol. The number of nitrogens with zero attached hydrogens (tertiary/aromatic N) is 5. The quantitative estimate of drug-likeness (QED) is 0.575. The van der Waals surface area contributed by atoms with Crippen LogP contribution in [0, 0.1) is 4.77 Å². The topological polar surface area (TPSA) is 57.3 Å². The Morgan fingerprint density at radius 3 is 2.66 bits per heavy atom. The van der Waals surface area contributed by atoms with Gasteiger partial charge in [0.2, 0.25) is 0 Å². The van der Waals surface area contributed by atoms with E-state index in [2.05, 4.69) is 16.0 Å². The van der Waals surface area contributed by atoms with Gasteiger partial charge in [-0.2, -0.15) is 5.10 Å². The number of hydrogen-bond donors (Lipinski definition) is 0. The van der Waals surface area contributed by atoms with Crippen LogP contribution < -0.4 is 9.47 Å². The highest BCUT2D eigenvalue weighted by Crippen LogP contribution is 2.39. The minimum Gasteiger partial charge on any atom is -0.497 e. The highest BCUT2D eigenvalue weighted by Gasteiger charge is 2.29. The van der Waals surface area contributed by atoms with E-state index < -0.39 is 0 Å². The first-order valence-electron chi connectivity index (χ1n) is 9.62. The highest BCUT2D eigenvalue weighted by atomic mass is 32.1. The van der Waals surface area contributed by atoms with E-state index >= 15 is 0 Å². The van der Waals surface area contributed by atoms with Crippen LogP contribution in [0.15, 0.2) is 42.7 Å². The minimum absolute atomic E-state index is 0.230. The van der Waals surface area contributed by atoms with E-state index in [1.54, 1.807) is 26.6 Å². The standard InChI is InChI=1S/C21H25N5O2S/c1-24-20(15-8-10-22-11-9-15)23-26(21(24)29)14-25-12-4-5-18(25)17-13-16(27-2)6-7-19(17)28-3/h6-11,13,18H,4-5,12,14H2,1-3H3/t18-/m1/s1. The van der Waals surface area contributed by atoms with Crippen molar-refractivity contribution in [2.24, 2.45) is 7.05 Å². The Bertz CT molecular complexity index is 1050. The van der Waals surface area contributed by atoms with Gasteiger partial charge in [0.15, 0.2) is 10.6 Å². The average molecular weight is 412 g/mol. The molecule has 1 fully saturated rings. The van der Waals surface area contributed by atoms with E-state index in [0.29, 0.717) is 11.4 Å². The molecule has 0 spiro atoms. The Hall–Kier alpha value is -2.71. The van der Waals surface area contributed by atoms with E-state index in [9.17, 15) is 0 Å². The van der Waals surface area contributed by atoms with E-state index in [-0.39, 0.29) is 6.04 Å². The van der Waals surface area contributed by atoms with Gasteiger partial charge in [-0.15, -0.1) is 0 Å². The van der Waals surface area contributed by atoms with Gasteiger partial charge in [-0.05, 0) is 55.4 Å². The second-order valence-corrected chi connectivity index (χ2v) is 7.49. The van der Waals surface area contributed by atoms with Crippen molar-refractivity contribution in [2.75, 3.05) is 20.8 Å². The molecule has 1 aromatic carbocycles. The summed E-state index contributed by atoms with van der Waals surface area (Å²) in [6.07, 6.45) is 5.70. The number of aromatic nitrogens is 4. The van der Waals surface area contributed by atoms with Crippen molar-refractivity contribution in [3.05, 3.63) is 53.1 Å². The molecule has 29 heavy (non-hydrogen) atoms. The molecule has 7 nitrogen and oxygen atoms in total. The van der Waals surface area contributed by atoms with Crippen molar-refractivity contribution in [1.29, 1.82) is 0 Å². The summed E-state index contributed by atoms with van der Waals surface area (Å²) >= 11 is 5.67. The maximum absolute atomic E-state index is 5.67. The number of hydrogen-bond acceptors (Lipinski definition) is 6. The molecule has 1 aliphatic rings. The zero-order chi connectivity index (χ0) is 20.4. The van der Waals surface area contributed by atoms with Crippen LogP contribution in [0.5, 0.6) is 11.5 Å². The van der Waals surface area contributed by atoms with Gasteiger partial charge in [-0.1, -0.05) is 0 Å². The number of rotatable bonds is 6. The van der Waals surface area contributed by atoms with Crippen LogP contribution in [0.4, 0.5) is 0 Å². The summed E-state index contributed by atoms with van der Waals surface area (Å²) < 4.78 is 15.6. The molecule has 0 saturated carbocycles. The lowest BCUT2D eigenvalue weighted by molar-refractivity contribution is 0.186. The summed E-state index contributed by atoms with van der Waals surface area (Å²) in [6.45, 7) is 1.61. The van der Waals surface area contributed by atoms with Crippen molar-refractivity contribution < 1.29 is 9.47 Å². The first-order valence-corrected chi connectivity index (χ1v) is 10.0. The molecule has 3 heterocycles. The van der Waals surface area contributed by atoms with Crippen molar-refractivity contribution in [2.45, 2.75) is 25.6 Å². The Kier molecular flexibility index (Phi) is 5.64. The summed E-state index contributed by atoms with van der Waals surface area (Å²) in [5.74, 6) is 2.55. The van der Waals surface area contributed by atoms with Gasteiger partial charge in [0.05, 0.1) is 20.9 Å². The minimum atomic E-state index is 0.230. The second kappa shape index (κ2) is 8.34. The van der Waals surface area contributed by atoms with Crippen LogP contribution in [0.25, 0.3) is 11.4 Å². The number of pyridine rings is 1. The summed E-state index contributed by atoms with van der Waals surface area (Å²) in [6, 6.07) is 10.1. The molecular formula is C21H25N5O2S. The second-order valence-electron chi connectivity index (χ2n) is 7.12. The monoisotopic (exact) mass is 411 g/mol. The van der Waals surface area contributed by atoms with Crippen molar-refractivity contribution in [1.82, 2.24) is 24.2 Å². The molecule has 8 heteroatoms. The zero-order valence-electron chi connectivity index (χ0n) is 16.9. The fraction of sp³-hybridized carbons (Fsp3) is 0.381. The summed E-state index contributed by atoms with van der Waals surface area (Å²) in [5, 5.41) is 4.80. The normalized spacial score (nSPS) is 16.9. The third-order valence-corrected chi connectivity index (χ3v) is 5.94. The lowest BCUT2D eigenvalue weighted by Crippen LogP contribution is -2.27. The van der Waals surface area contributed by atoms with Gasteiger partial charge in [0.1, 0.15) is 11.5 Å². The van der Waals surface area contributed by atoms with Gasteiger partial charge in [0.25, 0.3) is 0 Å². The molecule has 0 radical (unpaired) electrons. The number of benzene rings is 1. The van der Waals surface area contributed by atoms with Crippen LogP contribution in [-0.4, -0.2) is 45.0 Å². The molecule has 1 saturated heterocycles. The Morgan fingerprint density at radius 2 is 1.93 bits per heavy atom. The summed E-state index contributed by atoms with van der Waals surface area (Å²) in [5.41, 5.74) is 2.14. The van der Waals surface area contributed by atoms with E-state index in [1.165, 1.54) is 0 Å². The molecule has 0 unspecified atom stereocenters. The third kappa shape index (κ3) is 3.77. The number of ether oxygens (including phenoxy) is 2. The Morgan fingerprint density at radius 1 is 1.14 bits per heavy atom. The van der Waals surface area contributed by atoms with Crippen LogP contribution >= 0.6 is 12.2 Å². The fourth-order valence-electron chi connectivity index (χ4n) is 3.95. The molecule has 1 aliphatic heterocycles. The third-order valence-electron chi connectivity index (χ3n) is 5.45. The molecular weight excluding hydrogens is 386 g/mol. The van der Waals surface area contributed by atoms with E-state index in [1.807, 2.05) is 40.6 Å². The fourth-order valence-corrected chi connectivity index (χ4v) is 4.14. The predicted octanol–water partition coefficient (Wildman–Crippen LogP) is 3.82. The van der Waals surface area contributed by atoms with Gasteiger partial charge < -0.3 is 14.0 Å². The van der Waals surface area contributed by atoms with Crippen LogP contribution in [0.3, 0.4) is 0 Å². The molecule has 2 aromatic heterocycles. The van der Waals surface area contributed by atoms with Gasteiger partial charge >= 0.3 is 0 Å². The van der Waals surface area contributed by atoms with Gasteiger partial charge in [0, 0.05) is 43.2 Å². The molecule has 152 valence electrons. The summed E-state index contributed by atoms with van der Waals surface area (Å²) in [4.78, 5) is 6.49. The Labute approximate surface area is 175 Å². The molecule has 0 amide bonds. The van der Waals surface area contributed by atoms with Crippen molar-refractivity contribution in [3.8, 4) is 22.9 Å². The average Bonchev–Trinajstić information content (AvgIpc) is 3.34. The zero-order valence-corrected chi connectivity index (χ0v) is 17.7. The van der Waals surface area contributed by atoms with E-state index in [0.717, 1.165) is 47.8 Å². The number of likely N-dealkylation sites (tertiary alicyclic amines) is 1. The molecule has 1 atom stereocenters.